The van der Waals surface area contributed by atoms with E-state index in [0.29, 0.717) is 0 Å². The molecule has 0 spiro atoms. The molecule has 1 saturated heterocycles. The molecule has 3 amide bonds. The fourth-order valence-electron chi connectivity index (χ4n) is 6.47. The van der Waals surface area contributed by atoms with Gasteiger partial charge in [0, 0.05) is 11.8 Å². The molecule has 2 bridgehead atoms. The number of halogens is 3. The first-order valence-corrected chi connectivity index (χ1v) is 12.8. The Morgan fingerprint density at radius 2 is 1.27 bits per heavy atom. The van der Waals surface area contributed by atoms with Gasteiger partial charge in [-0.1, -0.05) is 60.7 Å². The molecule has 3 aromatic rings. The molecule has 1 N–H and O–H groups in total. The summed E-state index contributed by atoms with van der Waals surface area (Å²) in [6.45, 7) is 0.453. The SMILES string of the molecule is C[C@H](C(=O)OCC(=O)Nc1ccccc1C(F)(F)F)N1C(=O)[C@@H]2C3c4ccccc4C(c4ccccc43)[C@H]2C1=O. The van der Waals surface area contributed by atoms with Gasteiger partial charge in [-0.3, -0.25) is 19.3 Å². The second kappa shape index (κ2) is 9.32. The fraction of sp³-hybridized carbons (Fsp3) is 0.267. The normalized spacial score (nSPS) is 23.2. The van der Waals surface area contributed by atoms with Crippen molar-refractivity contribution in [3.8, 4) is 0 Å². The summed E-state index contributed by atoms with van der Waals surface area (Å²) in [6.07, 6.45) is -4.69. The molecular formula is C30H23F3N2O5. The first-order valence-electron chi connectivity index (χ1n) is 12.8. The van der Waals surface area contributed by atoms with Crippen molar-refractivity contribution in [2.75, 3.05) is 11.9 Å². The van der Waals surface area contributed by atoms with Gasteiger partial charge in [0.2, 0.25) is 11.8 Å². The number of rotatable bonds is 5. The number of alkyl halides is 3. The highest BCUT2D eigenvalue weighted by Gasteiger charge is 2.62. The quantitative estimate of drug-likeness (QED) is 0.375. The van der Waals surface area contributed by atoms with Gasteiger partial charge in [-0.2, -0.15) is 13.2 Å². The summed E-state index contributed by atoms with van der Waals surface area (Å²) in [5.74, 6) is -5.02. The minimum absolute atomic E-state index is 0.341. The van der Waals surface area contributed by atoms with Crippen LogP contribution in [0.5, 0.6) is 0 Å². The van der Waals surface area contributed by atoms with Crippen molar-refractivity contribution in [2.24, 2.45) is 11.8 Å². The lowest BCUT2D eigenvalue weighted by Crippen LogP contribution is -2.45. The summed E-state index contributed by atoms with van der Waals surface area (Å²) < 4.78 is 44.7. The minimum Gasteiger partial charge on any atom is -0.454 e. The summed E-state index contributed by atoms with van der Waals surface area (Å²) in [7, 11) is 0. The summed E-state index contributed by atoms with van der Waals surface area (Å²) in [5.41, 5.74) is 2.43. The molecule has 0 aromatic heterocycles. The van der Waals surface area contributed by atoms with E-state index < -0.39 is 65.6 Å². The van der Waals surface area contributed by atoms with Crippen LogP contribution in [0.15, 0.2) is 72.8 Å². The summed E-state index contributed by atoms with van der Waals surface area (Å²) >= 11 is 0. The topological polar surface area (TPSA) is 92.8 Å². The standard InChI is InChI=1S/C30H23F3N2O5/c1-15(29(39)40-14-22(36)34-21-13-7-6-12-20(21)30(31,32)33)35-27(37)25-23-16-8-2-3-9-17(16)24(26(25)28(35)38)19-11-5-4-10-18(19)23/h2-13,15,23-26H,14H2,1H3,(H,34,36)/t15-,23?,24?,25-,26-/m1/s1. The van der Waals surface area contributed by atoms with Crippen LogP contribution in [0.1, 0.15) is 46.6 Å². The third-order valence-electron chi connectivity index (χ3n) is 8.06. The van der Waals surface area contributed by atoms with Gasteiger partial charge in [0.05, 0.1) is 23.1 Å². The van der Waals surface area contributed by atoms with Crippen molar-refractivity contribution in [1.29, 1.82) is 0 Å². The van der Waals surface area contributed by atoms with Gasteiger partial charge in [0.1, 0.15) is 6.04 Å². The lowest BCUT2D eigenvalue weighted by Gasteiger charge is -2.45. The third kappa shape index (κ3) is 3.89. The smallest absolute Gasteiger partial charge is 0.418 e. The largest absolute Gasteiger partial charge is 0.454 e. The number of para-hydroxylation sites is 1. The Morgan fingerprint density at radius 3 is 1.75 bits per heavy atom. The Labute approximate surface area is 226 Å². The highest BCUT2D eigenvalue weighted by Crippen LogP contribution is 2.61. The lowest BCUT2D eigenvalue weighted by atomic mass is 9.55. The number of carbonyl (C=O) groups is 4. The van der Waals surface area contributed by atoms with Gasteiger partial charge in [0.25, 0.3) is 5.91 Å². The van der Waals surface area contributed by atoms with Crippen LogP contribution in [0.25, 0.3) is 0 Å². The van der Waals surface area contributed by atoms with Gasteiger partial charge in [-0.15, -0.1) is 0 Å². The first kappa shape index (κ1) is 25.8. The van der Waals surface area contributed by atoms with E-state index in [0.717, 1.165) is 39.3 Å². The number of imide groups is 1. The molecule has 1 fully saturated rings. The van der Waals surface area contributed by atoms with Crippen LogP contribution in [0, 0.1) is 11.8 Å². The van der Waals surface area contributed by atoms with Crippen LogP contribution in [0.4, 0.5) is 18.9 Å². The Morgan fingerprint density at radius 1 is 0.825 bits per heavy atom. The molecule has 4 aliphatic rings. The number of benzene rings is 3. The highest BCUT2D eigenvalue weighted by molar-refractivity contribution is 6.10. The highest BCUT2D eigenvalue weighted by atomic mass is 19.4. The number of hydrogen-bond donors (Lipinski definition) is 1. The maximum absolute atomic E-state index is 13.7. The number of hydrogen-bond acceptors (Lipinski definition) is 5. The molecule has 7 rings (SSSR count). The van der Waals surface area contributed by atoms with Gasteiger partial charge in [0.15, 0.2) is 6.61 Å². The number of likely N-dealkylation sites (tertiary alicyclic amines) is 1. The Balaban J connectivity index is 1.20. The van der Waals surface area contributed by atoms with Crippen LogP contribution >= 0.6 is 0 Å². The number of nitrogens with zero attached hydrogens (tertiary/aromatic N) is 1. The number of esters is 1. The zero-order chi connectivity index (χ0) is 28.3. The van der Waals surface area contributed by atoms with E-state index in [1.54, 1.807) is 0 Å². The molecule has 0 unspecified atom stereocenters. The van der Waals surface area contributed by atoms with E-state index in [1.165, 1.54) is 19.1 Å². The lowest BCUT2D eigenvalue weighted by molar-refractivity contribution is -0.159. The molecule has 204 valence electrons. The summed E-state index contributed by atoms with van der Waals surface area (Å²) in [4.78, 5) is 53.6. The van der Waals surface area contributed by atoms with Crippen molar-refractivity contribution in [2.45, 2.75) is 31.0 Å². The molecule has 40 heavy (non-hydrogen) atoms. The van der Waals surface area contributed by atoms with E-state index in [9.17, 15) is 32.3 Å². The van der Waals surface area contributed by atoms with Crippen molar-refractivity contribution in [1.82, 2.24) is 4.90 Å². The average Bonchev–Trinajstić information content (AvgIpc) is 3.21. The van der Waals surface area contributed by atoms with E-state index in [1.807, 2.05) is 48.5 Å². The predicted octanol–water partition coefficient (Wildman–Crippen LogP) is 4.47. The zero-order valence-corrected chi connectivity index (χ0v) is 21.1. The number of anilines is 1. The van der Waals surface area contributed by atoms with E-state index in [4.69, 9.17) is 4.74 Å². The molecule has 3 aromatic carbocycles. The van der Waals surface area contributed by atoms with E-state index >= 15 is 0 Å². The predicted molar refractivity (Wildman–Crippen MR) is 136 cm³/mol. The molecule has 1 aliphatic heterocycles. The van der Waals surface area contributed by atoms with Crippen LogP contribution in [-0.4, -0.2) is 41.2 Å². The molecule has 3 atom stereocenters. The molecule has 3 aliphatic carbocycles. The molecule has 10 heteroatoms. The number of amides is 3. The van der Waals surface area contributed by atoms with Gasteiger partial charge < -0.3 is 10.1 Å². The monoisotopic (exact) mass is 548 g/mol. The first-order chi connectivity index (χ1) is 19.1. The van der Waals surface area contributed by atoms with Gasteiger partial charge in [-0.05, 0) is 41.3 Å². The second-order valence-electron chi connectivity index (χ2n) is 10.2. The Kier molecular flexibility index (Phi) is 6.01. The van der Waals surface area contributed by atoms with Crippen LogP contribution in [0.3, 0.4) is 0 Å². The zero-order valence-electron chi connectivity index (χ0n) is 21.1. The third-order valence-corrected chi connectivity index (χ3v) is 8.06. The Bertz CT molecular complexity index is 1450. The molecule has 0 radical (unpaired) electrons. The summed E-state index contributed by atoms with van der Waals surface area (Å²) in [5, 5.41) is 2.10. The van der Waals surface area contributed by atoms with Crippen LogP contribution in [0.2, 0.25) is 0 Å². The number of ether oxygens (including phenoxy) is 1. The van der Waals surface area contributed by atoms with Crippen molar-refractivity contribution in [3.05, 3.63) is 101 Å². The second-order valence-corrected chi connectivity index (χ2v) is 10.2. The maximum atomic E-state index is 13.7. The maximum Gasteiger partial charge on any atom is 0.418 e. The Hall–Kier alpha value is -4.47. The number of nitrogens with one attached hydrogen (secondary N) is 1. The summed E-state index contributed by atoms with van der Waals surface area (Å²) in [6, 6.07) is 18.5. The van der Waals surface area contributed by atoms with E-state index in [-0.39, 0.29) is 11.8 Å². The van der Waals surface area contributed by atoms with Gasteiger partial charge in [-0.25, -0.2) is 4.79 Å². The van der Waals surface area contributed by atoms with Crippen LogP contribution in [-0.2, 0) is 30.1 Å². The van der Waals surface area contributed by atoms with Crippen molar-refractivity contribution in [3.63, 3.8) is 0 Å². The molecule has 7 nitrogen and oxygen atoms in total. The number of carbonyl (C=O) groups excluding carboxylic acids is 4. The van der Waals surface area contributed by atoms with Crippen LogP contribution < -0.4 is 5.32 Å². The minimum atomic E-state index is -4.69. The average molecular weight is 549 g/mol. The van der Waals surface area contributed by atoms with Crippen molar-refractivity contribution < 1.29 is 37.1 Å². The molecular weight excluding hydrogens is 525 g/mol. The molecule has 1 heterocycles. The van der Waals surface area contributed by atoms with Crippen molar-refractivity contribution >= 4 is 29.4 Å². The molecule has 0 saturated carbocycles. The van der Waals surface area contributed by atoms with E-state index in [2.05, 4.69) is 5.32 Å². The van der Waals surface area contributed by atoms with Gasteiger partial charge >= 0.3 is 12.1 Å². The fourth-order valence-corrected chi connectivity index (χ4v) is 6.47.